The molecule has 0 aromatic heterocycles. The van der Waals surface area contributed by atoms with Crippen LogP contribution >= 0.6 is 0 Å². The van der Waals surface area contributed by atoms with E-state index in [1.807, 2.05) is 0 Å². The SMILES string of the molecule is CCc1ccc(C(O)CCN2CCCc3ccccc32)cc1. The van der Waals surface area contributed by atoms with Crippen molar-refractivity contribution in [1.29, 1.82) is 0 Å². The van der Waals surface area contributed by atoms with Crippen molar-refractivity contribution in [1.82, 2.24) is 0 Å². The standard InChI is InChI=1S/C20H25NO/c1-2-16-9-11-18(12-10-16)20(22)13-15-21-14-5-7-17-6-3-4-8-19(17)21/h3-4,6,8-12,20,22H,2,5,7,13-15H2,1H3. The summed E-state index contributed by atoms with van der Waals surface area (Å²) in [6.45, 7) is 4.16. The minimum atomic E-state index is -0.375. The molecule has 1 aliphatic heterocycles. The largest absolute Gasteiger partial charge is 0.388 e. The van der Waals surface area contributed by atoms with E-state index in [0.29, 0.717) is 0 Å². The van der Waals surface area contributed by atoms with Crippen LogP contribution in [-0.2, 0) is 12.8 Å². The summed E-state index contributed by atoms with van der Waals surface area (Å²) in [7, 11) is 0. The number of aryl methyl sites for hydroxylation is 2. The molecule has 0 bridgehead atoms. The van der Waals surface area contributed by atoms with Gasteiger partial charge >= 0.3 is 0 Å². The van der Waals surface area contributed by atoms with Crippen LogP contribution in [0.3, 0.4) is 0 Å². The van der Waals surface area contributed by atoms with Gasteiger partial charge in [0.15, 0.2) is 0 Å². The van der Waals surface area contributed by atoms with Gasteiger partial charge in [-0.15, -0.1) is 0 Å². The van der Waals surface area contributed by atoms with Crippen molar-refractivity contribution in [3.8, 4) is 0 Å². The second-order valence-corrected chi connectivity index (χ2v) is 6.12. The van der Waals surface area contributed by atoms with Crippen LogP contribution in [-0.4, -0.2) is 18.2 Å². The van der Waals surface area contributed by atoms with Crippen LogP contribution in [0.4, 0.5) is 5.69 Å². The van der Waals surface area contributed by atoms with Crippen molar-refractivity contribution >= 4 is 5.69 Å². The smallest absolute Gasteiger partial charge is 0.0806 e. The highest BCUT2D eigenvalue weighted by Gasteiger charge is 2.17. The van der Waals surface area contributed by atoms with Gasteiger partial charge in [-0.3, -0.25) is 0 Å². The maximum absolute atomic E-state index is 10.4. The molecule has 116 valence electrons. The topological polar surface area (TPSA) is 23.5 Å². The predicted octanol–water partition coefficient (Wildman–Crippen LogP) is 4.13. The Morgan fingerprint density at radius 2 is 1.86 bits per heavy atom. The maximum Gasteiger partial charge on any atom is 0.0806 e. The number of anilines is 1. The third kappa shape index (κ3) is 3.33. The molecule has 0 fully saturated rings. The van der Waals surface area contributed by atoms with Crippen molar-refractivity contribution in [3.05, 3.63) is 65.2 Å². The van der Waals surface area contributed by atoms with E-state index in [9.17, 15) is 5.11 Å². The molecular weight excluding hydrogens is 270 g/mol. The molecular formula is C20H25NO. The van der Waals surface area contributed by atoms with E-state index in [1.54, 1.807) is 0 Å². The third-order valence-corrected chi connectivity index (χ3v) is 4.65. The lowest BCUT2D eigenvalue weighted by Gasteiger charge is -2.32. The van der Waals surface area contributed by atoms with Crippen LogP contribution in [0.1, 0.15) is 42.6 Å². The van der Waals surface area contributed by atoms with Gasteiger partial charge in [-0.25, -0.2) is 0 Å². The lowest BCUT2D eigenvalue weighted by atomic mass is 10.00. The first-order valence-electron chi connectivity index (χ1n) is 8.37. The molecule has 0 amide bonds. The van der Waals surface area contributed by atoms with Gasteiger partial charge in [-0.1, -0.05) is 49.4 Å². The van der Waals surface area contributed by atoms with E-state index in [-0.39, 0.29) is 6.10 Å². The number of aliphatic hydroxyl groups excluding tert-OH is 1. The van der Waals surface area contributed by atoms with Crippen molar-refractivity contribution < 1.29 is 5.11 Å². The lowest BCUT2D eigenvalue weighted by molar-refractivity contribution is 0.169. The molecule has 0 spiro atoms. The fraction of sp³-hybridized carbons (Fsp3) is 0.400. The number of benzene rings is 2. The Kier molecular flexibility index (Phi) is 4.79. The number of fused-ring (bicyclic) bond motifs is 1. The Balaban J connectivity index is 1.62. The van der Waals surface area contributed by atoms with Crippen LogP contribution in [0.15, 0.2) is 48.5 Å². The number of nitrogens with zero attached hydrogens (tertiary/aromatic N) is 1. The van der Waals surface area contributed by atoms with E-state index in [1.165, 1.54) is 29.7 Å². The van der Waals surface area contributed by atoms with Crippen molar-refractivity contribution in [2.45, 2.75) is 38.7 Å². The quantitative estimate of drug-likeness (QED) is 0.896. The van der Waals surface area contributed by atoms with Crippen LogP contribution in [0.2, 0.25) is 0 Å². The first-order chi connectivity index (χ1) is 10.8. The zero-order chi connectivity index (χ0) is 15.4. The fourth-order valence-electron chi connectivity index (χ4n) is 3.26. The van der Waals surface area contributed by atoms with E-state index >= 15 is 0 Å². The number of hydrogen-bond acceptors (Lipinski definition) is 2. The van der Waals surface area contributed by atoms with Gasteiger partial charge in [0.25, 0.3) is 0 Å². The Bertz CT molecular complexity index is 605. The molecule has 2 heteroatoms. The lowest BCUT2D eigenvalue weighted by Crippen LogP contribution is -2.31. The minimum Gasteiger partial charge on any atom is -0.388 e. The highest BCUT2D eigenvalue weighted by Crippen LogP contribution is 2.28. The molecule has 0 radical (unpaired) electrons. The first-order valence-corrected chi connectivity index (χ1v) is 8.37. The number of hydrogen-bond donors (Lipinski definition) is 1. The molecule has 1 unspecified atom stereocenters. The number of aliphatic hydroxyl groups is 1. The van der Waals surface area contributed by atoms with Gasteiger partial charge in [-0.2, -0.15) is 0 Å². The highest BCUT2D eigenvalue weighted by atomic mass is 16.3. The predicted molar refractivity (Wildman–Crippen MR) is 92.4 cm³/mol. The molecule has 1 atom stereocenters. The second-order valence-electron chi connectivity index (χ2n) is 6.12. The van der Waals surface area contributed by atoms with Crippen LogP contribution < -0.4 is 4.90 Å². The summed E-state index contributed by atoms with van der Waals surface area (Å²) in [6.07, 6.45) is 3.83. The molecule has 2 aromatic rings. The third-order valence-electron chi connectivity index (χ3n) is 4.65. The average molecular weight is 295 g/mol. The molecule has 2 nitrogen and oxygen atoms in total. The Morgan fingerprint density at radius 3 is 2.64 bits per heavy atom. The number of para-hydroxylation sites is 1. The zero-order valence-electron chi connectivity index (χ0n) is 13.3. The van der Waals surface area contributed by atoms with Gasteiger partial charge in [0, 0.05) is 18.8 Å². The van der Waals surface area contributed by atoms with E-state index in [2.05, 4.69) is 60.4 Å². The molecule has 2 aromatic carbocycles. The summed E-state index contributed by atoms with van der Waals surface area (Å²) in [5.41, 5.74) is 5.14. The second kappa shape index (κ2) is 6.97. The average Bonchev–Trinajstić information content (AvgIpc) is 2.59. The molecule has 3 rings (SSSR count). The monoisotopic (exact) mass is 295 g/mol. The van der Waals surface area contributed by atoms with Gasteiger partial charge in [0.05, 0.1) is 6.10 Å². The summed E-state index contributed by atoms with van der Waals surface area (Å²) >= 11 is 0. The molecule has 0 saturated carbocycles. The van der Waals surface area contributed by atoms with Crippen molar-refractivity contribution in [2.75, 3.05) is 18.0 Å². The minimum absolute atomic E-state index is 0.375. The zero-order valence-corrected chi connectivity index (χ0v) is 13.3. The van der Waals surface area contributed by atoms with E-state index in [0.717, 1.165) is 31.5 Å². The molecule has 0 saturated heterocycles. The van der Waals surface area contributed by atoms with Gasteiger partial charge in [0.2, 0.25) is 0 Å². The molecule has 1 aliphatic rings. The van der Waals surface area contributed by atoms with Crippen LogP contribution in [0.25, 0.3) is 0 Å². The van der Waals surface area contributed by atoms with Crippen LogP contribution in [0.5, 0.6) is 0 Å². The summed E-state index contributed by atoms with van der Waals surface area (Å²) in [5.74, 6) is 0. The highest BCUT2D eigenvalue weighted by molar-refractivity contribution is 5.55. The van der Waals surface area contributed by atoms with Crippen molar-refractivity contribution in [3.63, 3.8) is 0 Å². The summed E-state index contributed by atoms with van der Waals surface area (Å²) < 4.78 is 0. The van der Waals surface area contributed by atoms with Crippen LogP contribution in [0, 0.1) is 0 Å². The first kappa shape index (κ1) is 15.1. The Labute approximate surface area is 133 Å². The molecule has 22 heavy (non-hydrogen) atoms. The van der Waals surface area contributed by atoms with E-state index in [4.69, 9.17) is 0 Å². The fourth-order valence-corrected chi connectivity index (χ4v) is 3.26. The molecule has 1 heterocycles. The van der Waals surface area contributed by atoms with E-state index < -0.39 is 0 Å². The number of rotatable bonds is 5. The van der Waals surface area contributed by atoms with Gasteiger partial charge in [0.1, 0.15) is 0 Å². The summed E-state index contributed by atoms with van der Waals surface area (Å²) in [5, 5.41) is 10.4. The van der Waals surface area contributed by atoms with Crippen molar-refractivity contribution in [2.24, 2.45) is 0 Å². The van der Waals surface area contributed by atoms with Gasteiger partial charge < -0.3 is 10.0 Å². The molecule has 1 N–H and O–H groups in total. The normalized spacial score (nSPS) is 15.5. The Hall–Kier alpha value is -1.80. The summed E-state index contributed by atoms with van der Waals surface area (Å²) in [4.78, 5) is 2.42. The molecule has 0 aliphatic carbocycles. The maximum atomic E-state index is 10.4. The summed E-state index contributed by atoms with van der Waals surface area (Å²) in [6, 6.07) is 17.0. The van der Waals surface area contributed by atoms with Gasteiger partial charge in [-0.05, 0) is 48.4 Å². The Morgan fingerprint density at radius 1 is 1.09 bits per heavy atom.